The van der Waals surface area contributed by atoms with Crippen molar-refractivity contribution in [2.45, 2.75) is 43.9 Å². The Bertz CT molecular complexity index is 1560. The predicted molar refractivity (Wildman–Crippen MR) is 154 cm³/mol. The highest BCUT2D eigenvalue weighted by Crippen LogP contribution is 2.36. The molecule has 4 N–H and O–H groups in total. The molecule has 0 saturated carbocycles. The maximum absolute atomic E-state index is 13.9. The van der Waals surface area contributed by atoms with Crippen LogP contribution < -0.4 is 20.3 Å². The van der Waals surface area contributed by atoms with Gasteiger partial charge in [0.1, 0.15) is 11.6 Å². The molecule has 0 bridgehead atoms. The summed E-state index contributed by atoms with van der Waals surface area (Å²) < 4.78 is 28.2. The van der Waals surface area contributed by atoms with E-state index in [2.05, 4.69) is 14.5 Å². The zero-order chi connectivity index (χ0) is 28.2. The van der Waals surface area contributed by atoms with Crippen LogP contribution in [0.4, 0.5) is 17.3 Å². The number of anilines is 3. The molecule has 0 unspecified atom stereocenters. The van der Waals surface area contributed by atoms with Gasteiger partial charge in [0.2, 0.25) is 10.0 Å². The second-order valence-electron chi connectivity index (χ2n) is 10.9. The van der Waals surface area contributed by atoms with Crippen LogP contribution in [0.5, 0.6) is 0 Å². The number of benzene rings is 1. The maximum atomic E-state index is 13.9. The van der Waals surface area contributed by atoms with E-state index in [-0.39, 0.29) is 35.3 Å². The van der Waals surface area contributed by atoms with Gasteiger partial charge < -0.3 is 25.5 Å². The summed E-state index contributed by atoms with van der Waals surface area (Å²) in [5.74, 6) is 1.33. The average Bonchev–Trinajstić information content (AvgIpc) is 3.52. The minimum absolute atomic E-state index is 0.0919. The summed E-state index contributed by atoms with van der Waals surface area (Å²) in [5.41, 5.74) is 7.84. The SMILES string of the molecule is CS(=O)(=O)Nc1ccc(Cl)cc1C(=O)N1CCCC[C@H]1c1cc2nc(N3CC[C@@H](O)C3)cc(N3CC(N)C3)n2n1. The lowest BCUT2D eigenvalue weighted by Gasteiger charge is -2.39. The predicted octanol–water partition coefficient (Wildman–Crippen LogP) is 1.84. The third-order valence-corrected chi connectivity index (χ3v) is 8.57. The summed E-state index contributed by atoms with van der Waals surface area (Å²) in [5, 5.41) is 15.4. The zero-order valence-electron chi connectivity index (χ0n) is 22.2. The number of nitrogens with one attached hydrogen (secondary N) is 1. The molecule has 14 heteroatoms. The number of β-amino-alcohol motifs (C(OH)–C–C–N with tert-alkyl or cyclic N) is 1. The normalized spacial score (nSPS) is 22.1. The van der Waals surface area contributed by atoms with Gasteiger partial charge in [-0.15, -0.1) is 0 Å². The molecular weight excluding hydrogens is 556 g/mol. The van der Waals surface area contributed by atoms with Gasteiger partial charge in [-0.2, -0.15) is 9.61 Å². The van der Waals surface area contributed by atoms with Crippen LogP contribution in [-0.2, 0) is 10.0 Å². The highest BCUT2D eigenvalue weighted by Gasteiger charge is 2.34. The van der Waals surface area contributed by atoms with E-state index in [9.17, 15) is 18.3 Å². The number of sulfonamides is 1. The molecule has 5 heterocycles. The summed E-state index contributed by atoms with van der Waals surface area (Å²) in [6.45, 7) is 3.15. The minimum Gasteiger partial charge on any atom is -0.391 e. The van der Waals surface area contributed by atoms with Gasteiger partial charge in [-0.25, -0.2) is 13.4 Å². The van der Waals surface area contributed by atoms with Crippen LogP contribution in [-0.4, -0.2) is 90.1 Å². The molecule has 3 saturated heterocycles. The molecule has 1 aromatic carbocycles. The Hall–Kier alpha value is -3.13. The third kappa shape index (κ3) is 5.30. The summed E-state index contributed by atoms with van der Waals surface area (Å²) in [6, 6.07) is 8.23. The first-order chi connectivity index (χ1) is 19.1. The van der Waals surface area contributed by atoms with Crippen molar-refractivity contribution >= 4 is 50.5 Å². The minimum atomic E-state index is -3.61. The number of carbonyl (C=O) groups is 1. The molecule has 3 aromatic rings. The van der Waals surface area contributed by atoms with Crippen molar-refractivity contribution in [1.29, 1.82) is 0 Å². The zero-order valence-corrected chi connectivity index (χ0v) is 23.8. The molecule has 6 rings (SSSR count). The Kier molecular flexibility index (Phi) is 7.01. The van der Waals surface area contributed by atoms with E-state index in [0.29, 0.717) is 55.4 Å². The molecule has 0 radical (unpaired) electrons. The number of amides is 1. The molecule has 3 aliphatic rings. The van der Waals surface area contributed by atoms with Gasteiger partial charge in [0.05, 0.1) is 35.3 Å². The molecule has 3 fully saturated rings. The van der Waals surface area contributed by atoms with Crippen LogP contribution in [0.2, 0.25) is 5.02 Å². The number of halogens is 1. The Balaban J connectivity index is 1.38. The topological polar surface area (TPSA) is 149 Å². The van der Waals surface area contributed by atoms with Crippen LogP contribution in [0.3, 0.4) is 0 Å². The van der Waals surface area contributed by atoms with Crippen molar-refractivity contribution < 1.29 is 18.3 Å². The third-order valence-electron chi connectivity index (χ3n) is 7.75. The molecule has 0 spiro atoms. The Morgan fingerprint density at radius 1 is 1.10 bits per heavy atom. The number of nitrogens with two attached hydrogens (primary N) is 1. The van der Waals surface area contributed by atoms with E-state index >= 15 is 0 Å². The maximum Gasteiger partial charge on any atom is 0.256 e. The monoisotopic (exact) mass is 588 g/mol. The number of likely N-dealkylation sites (tertiary alicyclic amines) is 1. The lowest BCUT2D eigenvalue weighted by molar-refractivity contribution is 0.0607. The number of aliphatic hydroxyl groups is 1. The summed E-state index contributed by atoms with van der Waals surface area (Å²) in [6.07, 6.45) is 3.81. The van der Waals surface area contributed by atoms with Crippen molar-refractivity contribution in [1.82, 2.24) is 19.5 Å². The van der Waals surface area contributed by atoms with Gasteiger partial charge in [0.15, 0.2) is 5.65 Å². The van der Waals surface area contributed by atoms with Crippen LogP contribution in [0, 0.1) is 0 Å². The second kappa shape index (κ2) is 10.4. The fourth-order valence-corrected chi connectivity index (χ4v) is 6.53. The lowest BCUT2D eigenvalue weighted by atomic mass is 9.98. The van der Waals surface area contributed by atoms with Crippen LogP contribution in [0.1, 0.15) is 47.8 Å². The molecular formula is C26H33ClN8O4S. The number of fused-ring (bicyclic) bond motifs is 1. The summed E-state index contributed by atoms with van der Waals surface area (Å²) in [7, 11) is -3.61. The number of aromatic nitrogens is 3. The molecule has 2 atom stereocenters. The quantitative estimate of drug-likeness (QED) is 0.392. The van der Waals surface area contributed by atoms with Crippen molar-refractivity contribution in [2.75, 3.05) is 53.5 Å². The van der Waals surface area contributed by atoms with E-state index in [1.165, 1.54) is 12.1 Å². The Morgan fingerprint density at radius 3 is 2.60 bits per heavy atom. The molecule has 214 valence electrons. The summed E-state index contributed by atoms with van der Waals surface area (Å²) >= 11 is 6.23. The van der Waals surface area contributed by atoms with Gasteiger partial charge in [0.25, 0.3) is 5.91 Å². The van der Waals surface area contributed by atoms with E-state index in [4.69, 9.17) is 27.4 Å². The first-order valence-electron chi connectivity index (χ1n) is 13.5. The number of aliphatic hydroxyl groups excluding tert-OH is 1. The highest BCUT2D eigenvalue weighted by atomic mass is 35.5. The van der Waals surface area contributed by atoms with E-state index in [0.717, 1.165) is 37.3 Å². The number of carbonyl (C=O) groups excluding carboxylic acids is 1. The van der Waals surface area contributed by atoms with E-state index in [1.807, 2.05) is 16.6 Å². The molecule has 0 aliphatic carbocycles. The van der Waals surface area contributed by atoms with Gasteiger partial charge in [-0.05, 0) is 43.9 Å². The van der Waals surface area contributed by atoms with E-state index in [1.54, 1.807) is 11.0 Å². The standard InChI is InChI=1S/C26H33ClN8O4S/c1-40(38,39)31-20-6-5-16(27)10-19(20)26(37)34-8-3-2-4-22(34)21-11-24-29-23(32-9-7-18(36)15-32)12-25(35(24)30-21)33-13-17(28)14-33/h5-6,10-12,17-18,22,31,36H,2-4,7-9,13-15,28H2,1H3/t18-,22+/m1/s1. The number of nitrogens with zero attached hydrogens (tertiary/aromatic N) is 6. The van der Waals surface area contributed by atoms with Crippen molar-refractivity contribution in [2.24, 2.45) is 5.73 Å². The number of rotatable bonds is 6. The molecule has 12 nitrogen and oxygen atoms in total. The van der Waals surface area contributed by atoms with Crippen molar-refractivity contribution in [3.05, 3.63) is 46.6 Å². The van der Waals surface area contributed by atoms with Gasteiger partial charge in [-0.1, -0.05) is 11.6 Å². The fraction of sp³-hybridized carbons (Fsp3) is 0.500. The largest absolute Gasteiger partial charge is 0.391 e. The van der Waals surface area contributed by atoms with Crippen molar-refractivity contribution in [3.8, 4) is 0 Å². The number of hydrogen-bond acceptors (Lipinski definition) is 9. The van der Waals surface area contributed by atoms with Gasteiger partial charge in [0, 0.05) is 55.9 Å². The second-order valence-corrected chi connectivity index (χ2v) is 13.1. The Morgan fingerprint density at radius 2 is 1.90 bits per heavy atom. The first kappa shape index (κ1) is 27.1. The molecule has 3 aliphatic heterocycles. The van der Waals surface area contributed by atoms with Gasteiger partial charge >= 0.3 is 0 Å². The lowest BCUT2D eigenvalue weighted by Crippen LogP contribution is -2.56. The summed E-state index contributed by atoms with van der Waals surface area (Å²) in [4.78, 5) is 24.8. The smallest absolute Gasteiger partial charge is 0.256 e. The molecule has 1 amide bonds. The van der Waals surface area contributed by atoms with Crippen molar-refractivity contribution in [3.63, 3.8) is 0 Å². The average molecular weight is 589 g/mol. The Labute approximate surface area is 237 Å². The fourth-order valence-electron chi connectivity index (χ4n) is 5.78. The van der Waals surface area contributed by atoms with Crippen LogP contribution >= 0.6 is 11.6 Å². The number of hydrogen-bond donors (Lipinski definition) is 3. The van der Waals surface area contributed by atoms with Crippen LogP contribution in [0.25, 0.3) is 5.65 Å². The molecule has 2 aromatic heterocycles. The van der Waals surface area contributed by atoms with Crippen LogP contribution in [0.15, 0.2) is 30.3 Å². The van der Waals surface area contributed by atoms with E-state index < -0.39 is 10.0 Å². The number of piperidine rings is 1. The van der Waals surface area contributed by atoms with Gasteiger partial charge in [-0.3, -0.25) is 9.52 Å². The molecule has 40 heavy (non-hydrogen) atoms. The highest BCUT2D eigenvalue weighted by molar-refractivity contribution is 7.92. The first-order valence-corrected chi connectivity index (χ1v) is 15.8.